The minimum absolute atomic E-state index is 0.201. The third kappa shape index (κ3) is 8.35. The summed E-state index contributed by atoms with van der Waals surface area (Å²) in [7, 11) is 1.23. The van der Waals surface area contributed by atoms with Gasteiger partial charge >= 0.3 is 12.1 Å². The summed E-state index contributed by atoms with van der Waals surface area (Å²) in [4.78, 5) is 52.6. The van der Waals surface area contributed by atoms with E-state index in [9.17, 15) is 19.2 Å². The van der Waals surface area contributed by atoms with E-state index in [1.807, 2.05) is 32.9 Å². The standard InChI is InChI=1S/C25H39N3O6/c1-9-16(3)20(27-24(32)34-25(5,6)7)23(31)28(10-2)21(18-14-12-11-13-17(18)4)22(30)26-15-19(29)33-8/h11-14,16,20-21H,9-10,15H2,1-8H3,(H,26,30)(H,27,32). The van der Waals surface area contributed by atoms with Gasteiger partial charge in [0, 0.05) is 6.54 Å². The van der Waals surface area contributed by atoms with Gasteiger partial charge in [0.2, 0.25) is 11.8 Å². The molecule has 190 valence electrons. The van der Waals surface area contributed by atoms with E-state index in [4.69, 9.17) is 4.74 Å². The van der Waals surface area contributed by atoms with E-state index in [2.05, 4.69) is 15.4 Å². The number of rotatable bonds is 10. The topological polar surface area (TPSA) is 114 Å². The summed E-state index contributed by atoms with van der Waals surface area (Å²) in [5.41, 5.74) is 0.710. The number of likely N-dealkylation sites (N-methyl/N-ethyl adjacent to an activating group) is 1. The Kier molecular flexibility index (Phi) is 11.0. The van der Waals surface area contributed by atoms with Crippen molar-refractivity contribution in [3.05, 3.63) is 35.4 Å². The summed E-state index contributed by atoms with van der Waals surface area (Å²) in [6.07, 6.45) is -0.0855. The van der Waals surface area contributed by atoms with Gasteiger partial charge in [0.15, 0.2) is 0 Å². The van der Waals surface area contributed by atoms with Crippen molar-refractivity contribution in [3.63, 3.8) is 0 Å². The van der Waals surface area contributed by atoms with Gasteiger partial charge in [-0.1, -0.05) is 44.5 Å². The van der Waals surface area contributed by atoms with Crippen molar-refractivity contribution in [1.82, 2.24) is 15.5 Å². The van der Waals surface area contributed by atoms with Crippen molar-refractivity contribution < 1.29 is 28.7 Å². The van der Waals surface area contributed by atoms with E-state index < -0.39 is 41.6 Å². The number of methoxy groups -OCH3 is 1. The highest BCUT2D eigenvalue weighted by atomic mass is 16.6. The van der Waals surface area contributed by atoms with Crippen molar-refractivity contribution in [2.24, 2.45) is 5.92 Å². The zero-order valence-electron chi connectivity index (χ0n) is 21.6. The third-order valence-electron chi connectivity index (χ3n) is 5.45. The highest BCUT2D eigenvalue weighted by Gasteiger charge is 2.37. The number of esters is 1. The lowest BCUT2D eigenvalue weighted by molar-refractivity contribution is -0.145. The molecule has 0 spiro atoms. The van der Waals surface area contributed by atoms with E-state index >= 15 is 0 Å². The summed E-state index contributed by atoms with van der Waals surface area (Å²) in [5.74, 6) is -1.75. The van der Waals surface area contributed by atoms with Gasteiger partial charge in [-0.2, -0.15) is 0 Å². The Morgan fingerprint density at radius 2 is 1.71 bits per heavy atom. The van der Waals surface area contributed by atoms with Gasteiger partial charge in [0.1, 0.15) is 24.2 Å². The van der Waals surface area contributed by atoms with Crippen LogP contribution in [-0.4, -0.2) is 60.6 Å². The fourth-order valence-electron chi connectivity index (χ4n) is 3.43. The molecule has 1 rings (SSSR count). The van der Waals surface area contributed by atoms with Gasteiger partial charge in [-0.3, -0.25) is 14.4 Å². The molecule has 0 fully saturated rings. The van der Waals surface area contributed by atoms with Crippen LogP contribution in [0.25, 0.3) is 0 Å². The van der Waals surface area contributed by atoms with Crippen molar-refractivity contribution in [2.75, 3.05) is 20.2 Å². The van der Waals surface area contributed by atoms with Crippen molar-refractivity contribution >= 4 is 23.9 Å². The smallest absolute Gasteiger partial charge is 0.408 e. The zero-order chi connectivity index (χ0) is 26.1. The third-order valence-corrected chi connectivity index (χ3v) is 5.45. The summed E-state index contributed by atoms with van der Waals surface area (Å²) in [6, 6.07) is 5.33. The molecule has 0 saturated carbocycles. The quantitative estimate of drug-likeness (QED) is 0.501. The molecule has 0 heterocycles. The number of ether oxygens (including phenoxy) is 2. The molecule has 9 heteroatoms. The lowest BCUT2D eigenvalue weighted by Gasteiger charge is -2.35. The monoisotopic (exact) mass is 477 g/mol. The summed E-state index contributed by atoms with van der Waals surface area (Å²) >= 11 is 0. The molecule has 1 aromatic carbocycles. The molecule has 0 aliphatic carbocycles. The molecule has 0 aliphatic rings. The summed E-state index contributed by atoms with van der Waals surface area (Å²) in [6.45, 7) is 12.5. The fraction of sp³-hybridized carbons (Fsp3) is 0.600. The Labute approximate surface area is 202 Å². The molecule has 0 saturated heterocycles. The minimum Gasteiger partial charge on any atom is -0.468 e. The average Bonchev–Trinajstić information content (AvgIpc) is 2.77. The van der Waals surface area contributed by atoms with Crippen LogP contribution in [0.1, 0.15) is 65.1 Å². The summed E-state index contributed by atoms with van der Waals surface area (Å²) in [5, 5.41) is 5.26. The number of amides is 3. The molecular weight excluding hydrogens is 438 g/mol. The van der Waals surface area contributed by atoms with Crippen LogP contribution < -0.4 is 10.6 Å². The van der Waals surface area contributed by atoms with Crippen LogP contribution in [0.2, 0.25) is 0 Å². The molecular formula is C25H39N3O6. The first-order valence-electron chi connectivity index (χ1n) is 11.6. The molecule has 0 aliphatic heterocycles. The number of benzene rings is 1. The number of hydrogen-bond acceptors (Lipinski definition) is 6. The maximum Gasteiger partial charge on any atom is 0.408 e. The number of carbonyl (C=O) groups is 4. The van der Waals surface area contributed by atoms with E-state index in [1.54, 1.807) is 39.8 Å². The molecule has 1 aromatic rings. The van der Waals surface area contributed by atoms with Gasteiger partial charge in [-0.25, -0.2) is 4.79 Å². The molecule has 0 radical (unpaired) electrons. The second kappa shape index (κ2) is 13.0. The first kappa shape index (κ1) is 28.9. The fourth-order valence-corrected chi connectivity index (χ4v) is 3.43. The van der Waals surface area contributed by atoms with E-state index in [-0.39, 0.29) is 19.0 Å². The number of nitrogens with one attached hydrogen (secondary N) is 2. The highest BCUT2D eigenvalue weighted by Crippen LogP contribution is 2.26. The van der Waals surface area contributed by atoms with Gasteiger partial charge < -0.3 is 25.0 Å². The van der Waals surface area contributed by atoms with Crippen LogP contribution in [0.4, 0.5) is 4.79 Å². The lowest BCUT2D eigenvalue weighted by Crippen LogP contribution is -2.55. The normalized spacial score (nSPS) is 13.8. The second-order valence-electron chi connectivity index (χ2n) is 9.19. The zero-order valence-corrected chi connectivity index (χ0v) is 21.6. The van der Waals surface area contributed by atoms with Crippen molar-refractivity contribution in [3.8, 4) is 0 Å². The van der Waals surface area contributed by atoms with Crippen LogP contribution in [0.3, 0.4) is 0 Å². The predicted molar refractivity (Wildman–Crippen MR) is 129 cm³/mol. The lowest BCUT2D eigenvalue weighted by atomic mass is 9.94. The van der Waals surface area contributed by atoms with Gasteiger partial charge in [0.25, 0.3) is 0 Å². The van der Waals surface area contributed by atoms with E-state index in [1.165, 1.54) is 12.0 Å². The van der Waals surface area contributed by atoms with Crippen LogP contribution in [0, 0.1) is 12.8 Å². The Morgan fingerprint density at radius 3 is 2.21 bits per heavy atom. The predicted octanol–water partition coefficient (Wildman–Crippen LogP) is 3.11. The van der Waals surface area contributed by atoms with E-state index in [0.29, 0.717) is 12.0 Å². The van der Waals surface area contributed by atoms with Crippen molar-refractivity contribution in [1.29, 1.82) is 0 Å². The number of aryl methyl sites for hydroxylation is 1. The Morgan fingerprint density at radius 1 is 1.09 bits per heavy atom. The molecule has 3 amide bonds. The Hall–Kier alpha value is -3.10. The summed E-state index contributed by atoms with van der Waals surface area (Å²) < 4.78 is 9.98. The molecule has 3 atom stereocenters. The van der Waals surface area contributed by atoms with Gasteiger partial charge in [0.05, 0.1) is 7.11 Å². The van der Waals surface area contributed by atoms with Crippen LogP contribution in [0.15, 0.2) is 24.3 Å². The average molecular weight is 478 g/mol. The molecule has 0 aromatic heterocycles. The number of nitrogens with zero attached hydrogens (tertiary/aromatic N) is 1. The molecule has 2 N–H and O–H groups in total. The molecule has 3 unspecified atom stereocenters. The maximum atomic E-state index is 13.8. The molecule has 9 nitrogen and oxygen atoms in total. The number of hydrogen-bond donors (Lipinski definition) is 2. The van der Waals surface area contributed by atoms with E-state index in [0.717, 1.165) is 5.56 Å². The Balaban J connectivity index is 3.38. The highest BCUT2D eigenvalue weighted by molar-refractivity contribution is 5.93. The van der Waals surface area contributed by atoms with Gasteiger partial charge in [-0.15, -0.1) is 0 Å². The van der Waals surface area contributed by atoms with Crippen LogP contribution in [0.5, 0.6) is 0 Å². The molecule has 0 bridgehead atoms. The largest absolute Gasteiger partial charge is 0.468 e. The Bertz CT molecular complexity index is 864. The van der Waals surface area contributed by atoms with Gasteiger partial charge in [-0.05, 0) is 51.7 Å². The maximum absolute atomic E-state index is 13.8. The number of carbonyl (C=O) groups excluding carboxylic acids is 4. The number of alkyl carbamates (subject to hydrolysis) is 1. The first-order chi connectivity index (χ1) is 15.9. The van der Waals surface area contributed by atoms with Crippen LogP contribution >= 0.6 is 0 Å². The minimum atomic E-state index is -1.00. The molecule has 34 heavy (non-hydrogen) atoms. The first-order valence-corrected chi connectivity index (χ1v) is 11.6. The SMILES string of the molecule is CCC(C)C(NC(=O)OC(C)(C)C)C(=O)N(CC)C(C(=O)NCC(=O)OC)c1ccccc1C. The second-order valence-corrected chi connectivity index (χ2v) is 9.19. The van der Waals surface area contributed by atoms with Crippen molar-refractivity contribution in [2.45, 2.75) is 72.6 Å². The van der Waals surface area contributed by atoms with Crippen LogP contribution in [-0.2, 0) is 23.9 Å².